The van der Waals surface area contributed by atoms with Gasteiger partial charge in [-0.15, -0.1) is 0 Å². The Morgan fingerprint density at radius 1 is 0.370 bits per heavy atom. The maximum atomic E-state index is 13.5. The Morgan fingerprint density at radius 2 is 0.700 bits per heavy atom. The highest BCUT2D eigenvalue weighted by Gasteiger charge is 2.53. The zero-order valence-corrected chi connectivity index (χ0v) is 61.9. The maximum Gasteiger partial charge on any atom is 0.220 e. The number of hydrogen-bond donors (Lipinski definition) is 12. The second kappa shape index (κ2) is 61.2. The highest BCUT2D eigenvalue weighted by atomic mass is 16.8. The van der Waals surface area contributed by atoms with Crippen molar-refractivity contribution in [2.45, 2.75) is 394 Å². The van der Waals surface area contributed by atoms with Crippen molar-refractivity contribution in [3.05, 3.63) is 85.1 Å². The van der Waals surface area contributed by atoms with Crippen molar-refractivity contribution in [2.75, 3.05) is 26.4 Å². The van der Waals surface area contributed by atoms with Crippen LogP contribution in [0.4, 0.5) is 0 Å². The number of ether oxygens (including phenoxy) is 6. The van der Waals surface area contributed by atoms with E-state index in [0.717, 1.165) is 70.6 Å². The van der Waals surface area contributed by atoms with E-state index in [4.69, 9.17) is 28.4 Å². The second-order valence-corrected chi connectivity index (χ2v) is 28.1. The SMILES string of the molecule is CC/C=C\C/C=C\C/C=C\C/C=C\CCCCCCCCCCCCCCCCCCCCC(=O)NC(COC1OC(CO)C(OC2OC(CO)C(OC3OC(CO)C(O)C(O)C3O)C(O)C2O)C(O)C1O)C(O)/C=C/CC/C=C/CC/C=C/CCCCCCCCCCCCCCCC. The number of nitrogens with one attached hydrogen (secondary N) is 1. The molecule has 0 aromatic rings. The molecule has 100 heavy (non-hydrogen) atoms. The summed E-state index contributed by atoms with van der Waals surface area (Å²) in [6, 6.07) is -1.00. The van der Waals surface area contributed by atoms with Crippen LogP contribution in [-0.2, 0) is 33.2 Å². The Morgan fingerprint density at radius 3 is 1.12 bits per heavy atom. The molecule has 0 bridgehead atoms. The zero-order valence-electron chi connectivity index (χ0n) is 61.9. The van der Waals surface area contributed by atoms with Crippen LogP contribution in [-0.4, -0.2) is 193 Å². The molecule has 3 saturated heterocycles. The van der Waals surface area contributed by atoms with Crippen molar-refractivity contribution in [1.82, 2.24) is 5.32 Å². The average molecular weight is 1420 g/mol. The van der Waals surface area contributed by atoms with Crippen molar-refractivity contribution < 1.29 is 89.4 Å². The first-order valence-electron chi connectivity index (χ1n) is 39.8. The summed E-state index contributed by atoms with van der Waals surface area (Å²) in [6.07, 6.45) is 54.3. The van der Waals surface area contributed by atoms with Crippen molar-refractivity contribution >= 4 is 5.91 Å². The quantitative estimate of drug-likeness (QED) is 0.0199. The van der Waals surface area contributed by atoms with Gasteiger partial charge in [0, 0.05) is 6.42 Å². The Kier molecular flexibility index (Phi) is 55.8. The first-order chi connectivity index (χ1) is 48.8. The van der Waals surface area contributed by atoms with E-state index in [1.165, 1.54) is 186 Å². The van der Waals surface area contributed by atoms with E-state index >= 15 is 0 Å². The van der Waals surface area contributed by atoms with Gasteiger partial charge in [0.1, 0.15) is 73.2 Å². The summed E-state index contributed by atoms with van der Waals surface area (Å²) in [4.78, 5) is 13.5. The van der Waals surface area contributed by atoms with Crippen LogP contribution in [0.15, 0.2) is 85.1 Å². The molecule has 12 N–H and O–H groups in total. The van der Waals surface area contributed by atoms with Gasteiger partial charge in [0.05, 0.1) is 38.6 Å². The van der Waals surface area contributed by atoms with Crippen molar-refractivity contribution in [3.8, 4) is 0 Å². The van der Waals surface area contributed by atoms with Gasteiger partial charge in [-0.1, -0.05) is 285 Å². The number of aliphatic hydroxyl groups excluding tert-OH is 11. The molecule has 0 saturated carbocycles. The Bertz CT molecular complexity index is 2140. The summed E-state index contributed by atoms with van der Waals surface area (Å²) in [6.45, 7) is 1.62. The zero-order chi connectivity index (χ0) is 72.5. The highest BCUT2D eigenvalue weighted by molar-refractivity contribution is 5.76. The number of rotatable bonds is 62. The Balaban J connectivity index is 1.39. The molecule has 3 fully saturated rings. The summed E-state index contributed by atoms with van der Waals surface area (Å²) in [5.74, 6) is -0.288. The van der Waals surface area contributed by atoms with Crippen LogP contribution in [0, 0.1) is 0 Å². The molecule has 3 aliphatic rings. The lowest BCUT2D eigenvalue weighted by Gasteiger charge is -2.48. The third-order valence-corrected chi connectivity index (χ3v) is 19.4. The van der Waals surface area contributed by atoms with E-state index < -0.39 is 124 Å². The van der Waals surface area contributed by atoms with Gasteiger partial charge in [-0.25, -0.2) is 0 Å². The third-order valence-electron chi connectivity index (χ3n) is 19.4. The molecule has 19 heteroatoms. The molecule has 3 aliphatic heterocycles. The monoisotopic (exact) mass is 1420 g/mol. The molecular formula is C81H143NO18. The van der Waals surface area contributed by atoms with Crippen LogP contribution < -0.4 is 5.32 Å². The Labute approximate surface area is 603 Å². The summed E-state index contributed by atoms with van der Waals surface area (Å²) in [7, 11) is 0. The molecule has 17 atom stereocenters. The molecular weight excluding hydrogens is 1270 g/mol. The van der Waals surface area contributed by atoms with Gasteiger partial charge in [-0.2, -0.15) is 0 Å². The molecule has 3 heterocycles. The molecule has 17 unspecified atom stereocenters. The topological polar surface area (TPSA) is 307 Å². The van der Waals surface area contributed by atoms with Gasteiger partial charge in [-0.05, 0) is 83.5 Å². The fourth-order valence-electron chi connectivity index (χ4n) is 13.0. The van der Waals surface area contributed by atoms with Gasteiger partial charge >= 0.3 is 0 Å². The molecule has 580 valence electrons. The van der Waals surface area contributed by atoms with Crippen LogP contribution in [0.25, 0.3) is 0 Å². The predicted molar refractivity (Wildman–Crippen MR) is 397 cm³/mol. The lowest BCUT2D eigenvalue weighted by Crippen LogP contribution is -2.66. The summed E-state index contributed by atoms with van der Waals surface area (Å²) in [5, 5.41) is 121. The standard InChI is InChI=1S/C81H143NO18/c1-3-5-7-9-11-13-15-17-19-21-23-25-27-29-30-31-32-33-34-35-37-39-41-43-45-47-49-51-53-55-57-59-69(87)82-64(65(86)58-56-54-52-50-48-46-44-42-40-38-36-28-26-24-22-20-18-16-14-12-10-8-6-4-2)63-95-79-75(93)72(90)77(67(61-84)97-79)100-81-76(94)73(91)78(68(62-85)98-81)99-80-74(92)71(89)70(88)66(60-83)96-80/h5,7,11,13,17,19,23,25,40,42,48,50,56,58,64-68,70-81,83-86,88-94H,3-4,6,8-10,12,14-16,18,20-22,24,26-39,41,43-47,49,51-55,57,59-63H2,1-2H3,(H,82,87)/b7-5-,13-11-,19-17-,25-23-,42-40+,50-48+,58-56+. The van der Waals surface area contributed by atoms with E-state index in [9.17, 15) is 61.0 Å². The van der Waals surface area contributed by atoms with E-state index in [-0.39, 0.29) is 18.9 Å². The second-order valence-electron chi connectivity index (χ2n) is 28.1. The molecule has 0 aliphatic carbocycles. The number of carbonyl (C=O) groups excluding carboxylic acids is 1. The van der Waals surface area contributed by atoms with E-state index in [1.54, 1.807) is 6.08 Å². The first-order valence-corrected chi connectivity index (χ1v) is 39.8. The normalized spacial score (nSPS) is 26.9. The number of carbonyl (C=O) groups is 1. The van der Waals surface area contributed by atoms with Crippen molar-refractivity contribution in [1.29, 1.82) is 0 Å². The van der Waals surface area contributed by atoms with Crippen molar-refractivity contribution in [3.63, 3.8) is 0 Å². The summed E-state index contributed by atoms with van der Waals surface area (Å²) >= 11 is 0. The largest absolute Gasteiger partial charge is 0.394 e. The summed E-state index contributed by atoms with van der Waals surface area (Å²) in [5.41, 5.74) is 0. The molecule has 0 radical (unpaired) electrons. The number of allylic oxidation sites excluding steroid dienone is 13. The van der Waals surface area contributed by atoms with Gasteiger partial charge < -0.3 is 89.9 Å². The smallest absolute Gasteiger partial charge is 0.220 e. The minimum atomic E-state index is -1.99. The van der Waals surface area contributed by atoms with Gasteiger partial charge in [0.15, 0.2) is 18.9 Å². The number of aliphatic hydroxyl groups is 11. The first kappa shape index (κ1) is 91.2. The molecule has 19 nitrogen and oxygen atoms in total. The average Bonchev–Trinajstić information content (AvgIpc) is 0.783. The predicted octanol–water partition coefficient (Wildman–Crippen LogP) is 13.0. The number of amides is 1. The van der Waals surface area contributed by atoms with Gasteiger partial charge in [-0.3, -0.25) is 4.79 Å². The van der Waals surface area contributed by atoms with E-state index in [2.05, 4.69) is 92.1 Å². The minimum Gasteiger partial charge on any atom is -0.394 e. The molecule has 0 aromatic carbocycles. The fraction of sp³-hybridized carbons (Fsp3) is 0.815. The van der Waals surface area contributed by atoms with E-state index in [1.807, 2.05) is 6.08 Å². The maximum absolute atomic E-state index is 13.5. The molecule has 0 aromatic heterocycles. The van der Waals surface area contributed by atoms with Gasteiger partial charge in [0.2, 0.25) is 5.91 Å². The van der Waals surface area contributed by atoms with Crippen molar-refractivity contribution in [2.24, 2.45) is 0 Å². The van der Waals surface area contributed by atoms with Crippen LogP contribution in [0.5, 0.6) is 0 Å². The van der Waals surface area contributed by atoms with E-state index in [0.29, 0.717) is 12.8 Å². The van der Waals surface area contributed by atoms with Crippen LogP contribution in [0.1, 0.15) is 290 Å². The lowest BCUT2D eigenvalue weighted by molar-refractivity contribution is -0.379. The van der Waals surface area contributed by atoms with Crippen LogP contribution >= 0.6 is 0 Å². The highest BCUT2D eigenvalue weighted by Crippen LogP contribution is 2.33. The summed E-state index contributed by atoms with van der Waals surface area (Å²) < 4.78 is 34.4. The number of unbranched alkanes of at least 4 members (excludes halogenated alkanes) is 34. The Hall–Kier alpha value is -3.03. The molecule has 1 amide bonds. The van der Waals surface area contributed by atoms with Crippen LogP contribution in [0.2, 0.25) is 0 Å². The molecule has 3 rings (SSSR count). The molecule has 0 spiro atoms. The third kappa shape index (κ3) is 41.0. The number of hydrogen-bond acceptors (Lipinski definition) is 18. The lowest BCUT2D eigenvalue weighted by atomic mass is 9.96. The van der Waals surface area contributed by atoms with Crippen LogP contribution in [0.3, 0.4) is 0 Å². The fourth-order valence-corrected chi connectivity index (χ4v) is 13.0. The minimum absolute atomic E-state index is 0.230. The van der Waals surface area contributed by atoms with Gasteiger partial charge in [0.25, 0.3) is 0 Å².